The van der Waals surface area contributed by atoms with Gasteiger partial charge in [0.05, 0.1) is 24.8 Å². The van der Waals surface area contributed by atoms with Gasteiger partial charge in [0.25, 0.3) is 0 Å². The smallest absolute Gasteiger partial charge is 0.117 e. The van der Waals surface area contributed by atoms with Crippen molar-refractivity contribution in [2.75, 3.05) is 13.2 Å². The number of aliphatic hydroxyl groups is 1. The molecule has 0 saturated heterocycles. The summed E-state index contributed by atoms with van der Waals surface area (Å²) in [6.45, 7) is 9.70. The zero-order chi connectivity index (χ0) is 14.1. The third-order valence-electron chi connectivity index (χ3n) is 4.61. The van der Waals surface area contributed by atoms with Crippen LogP contribution in [0.25, 0.3) is 0 Å². The van der Waals surface area contributed by atoms with E-state index in [2.05, 4.69) is 19.2 Å². The molecule has 4 nitrogen and oxygen atoms in total. The topological polar surface area (TPSA) is 54.6 Å². The van der Waals surface area contributed by atoms with Gasteiger partial charge >= 0.3 is 0 Å². The maximum atomic E-state index is 9.79. The van der Waals surface area contributed by atoms with Gasteiger partial charge in [0, 0.05) is 12.0 Å². The highest BCUT2D eigenvalue weighted by Crippen LogP contribution is 2.51. The maximum absolute atomic E-state index is 9.79. The van der Waals surface area contributed by atoms with Gasteiger partial charge in [-0.15, -0.1) is 0 Å². The Bertz CT molecular complexity index is 427. The summed E-state index contributed by atoms with van der Waals surface area (Å²) in [5.74, 6) is 1.82. The van der Waals surface area contributed by atoms with Crippen molar-refractivity contribution in [3.63, 3.8) is 0 Å². The molecule has 1 fully saturated rings. The van der Waals surface area contributed by atoms with Crippen molar-refractivity contribution in [2.45, 2.75) is 52.3 Å². The first-order valence-corrected chi connectivity index (χ1v) is 6.98. The van der Waals surface area contributed by atoms with Crippen LogP contribution >= 0.6 is 0 Å². The number of hydrogen-bond acceptors (Lipinski definition) is 4. The van der Waals surface area contributed by atoms with Crippen molar-refractivity contribution in [1.29, 1.82) is 0 Å². The minimum absolute atomic E-state index is 0.0839. The molecule has 4 heteroatoms. The normalized spacial score (nSPS) is 29.2. The summed E-state index contributed by atoms with van der Waals surface area (Å²) >= 11 is 0. The predicted octanol–water partition coefficient (Wildman–Crippen LogP) is 2.24. The van der Waals surface area contributed by atoms with Crippen LogP contribution < -0.4 is 5.32 Å². The van der Waals surface area contributed by atoms with Crippen LogP contribution in [-0.4, -0.2) is 30.0 Å². The average molecular weight is 267 g/mol. The molecule has 19 heavy (non-hydrogen) atoms. The lowest BCUT2D eigenvalue weighted by Gasteiger charge is -2.60. The summed E-state index contributed by atoms with van der Waals surface area (Å²) in [4.78, 5) is 0. The number of hydrogen-bond donors (Lipinski definition) is 2. The number of aryl methyl sites for hydroxylation is 1. The molecule has 0 spiro atoms. The van der Waals surface area contributed by atoms with Crippen molar-refractivity contribution < 1.29 is 14.3 Å². The van der Waals surface area contributed by atoms with Crippen LogP contribution in [-0.2, 0) is 11.3 Å². The Labute approximate surface area is 115 Å². The van der Waals surface area contributed by atoms with E-state index < -0.39 is 0 Å². The molecule has 1 heterocycles. The second-order valence-electron chi connectivity index (χ2n) is 5.98. The summed E-state index contributed by atoms with van der Waals surface area (Å²) in [6.07, 6.45) is 1.04. The standard InChI is InChI=1S/C15H25NO3/c1-5-18-13-8-15(10-17,14(13,3)4)16-9-12-7-6-11(2)19-12/h6-7,13,16-17H,5,8-10H2,1-4H3/t13-,15-/m1/s1. The summed E-state index contributed by atoms with van der Waals surface area (Å²) < 4.78 is 11.3. The first-order chi connectivity index (χ1) is 8.95. The molecule has 0 unspecified atom stereocenters. The summed E-state index contributed by atoms with van der Waals surface area (Å²) in [7, 11) is 0. The number of aliphatic hydroxyl groups excluding tert-OH is 1. The first-order valence-electron chi connectivity index (χ1n) is 6.98. The predicted molar refractivity (Wildman–Crippen MR) is 73.9 cm³/mol. The molecule has 2 N–H and O–H groups in total. The van der Waals surface area contributed by atoms with Crippen molar-refractivity contribution in [1.82, 2.24) is 5.32 Å². The van der Waals surface area contributed by atoms with Crippen LogP contribution in [0, 0.1) is 12.3 Å². The molecule has 0 amide bonds. The highest BCUT2D eigenvalue weighted by Gasteiger charge is 2.60. The zero-order valence-corrected chi connectivity index (χ0v) is 12.3. The summed E-state index contributed by atoms with van der Waals surface area (Å²) in [6, 6.07) is 3.93. The minimum Gasteiger partial charge on any atom is -0.465 e. The molecule has 1 aliphatic rings. The number of rotatable bonds is 6. The van der Waals surface area contributed by atoms with Crippen LogP contribution in [0.4, 0.5) is 0 Å². The molecule has 1 aliphatic carbocycles. The molecular formula is C15H25NO3. The number of furan rings is 1. The van der Waals surface area contributed by atoms with Gasteiger partial charge in [0.1, 0.15) is 11.5 Å². The van der Waals surface area contributed by atoms with E-state index in [1.807, 2.05) is 26.0 Å². The van der Waals surface area contributed by atoms with Crippen molar-refractivity contribution in [2.24, 2.45) is 5.41 Å². The minimum atomic E-state index is -0.284. The van der Waals surface area contributed by atoms with E-state index in [0.29, 0.717) is 13.2 Å². The molecule has 0 aliphatic heterocycles. The molecule has 2 atom stereocenters. The van der Waals surface area contributed by atoms with Crippen molar-refractivity contribution in [3.8, 4) is 0 Å². The fourth-order valence-electron chi connectivity index (χ4n) is 2.94. The third kappa shape index (κ3) is 2.45. The van der Waals surface area contributed by atoms with E-state index in [4.69, 9.17) is 9.15 Å². The highest BCUT2D eigenvalue weighted by atomic mass is 16.5. The zero-order valence-electron chi connectivity index (χ0n) is 12.3. The van der Waals surface area contributed by atoms with Crippen LogP contribution in [0.2, 0.25) is 0 Å². The molecule has 1 aromatic heterocycles. The second kappa shape index (κ2) is 5.27. The largest absolute Gasteiger partial charge is 0.465 e. The van der Waals surface area contributed by atoms with Crippen LogP contribution in [0.1, 0.15) is 38.7 Å². The van der Waals surface area contributed by atoms with E-state index in [-0.39, 0.29) is 23.7 Å². The van der Waals surface area contributed by atoms with Gasteiger partial charge in [-0.3, -0.25) is 0 Å². The van der Waals surface area contributed by atoms with Gasteiger partial charge in [-0.05, 0) is 32.4 Å². The molecule has 0 bridgehead atoms. The van der Waals surface area contributed by atoms with Gasteiger partial charge in [-0.1, -0.05) is 13.8 Å². The molecule has 108 valence electrons. The van der Waals surface area contributed by atoms with Gasteiger partial charge in [0.15, 0.2) is 0 Å². The molecule has 0 aromatic carbocycles. The average Bonchev–Trinajstić information content (AvgIpc) is 2.79. The Kier molecular flexibility index (Phi) is 4.04. The third-order valence-corrected chi connectivity index (χ3v) is 4.61. The Morgan fingerprint density at radius 1 is 1.47 bits per heavy atom. The van der Waals surface area contributed by atoms with Gasteiger partial charge in [-0.2, -0.15) is 0 Å². The van der Waals surface area contributed by atoms with E-state index >= 15 is 0 Å². The highest BCUT2D eigenvalue weighted by molar-refractivity contribution is 5.16. The van der Waals surface area contributed by atoms with Gasteiger partial charge in [0.2, 0.25) is 0 Å². The lowest BCUT2D eigenvalue weighted by Crippen LogP contribution is -2.73. The Morgan fingerprint density at radius 3 is 2.68 bits per heavy atom. The van der Waals surface area contributed by atoms with E-state index in [1.165, 1.54) is 0 Å². The lowest BCUT2D eigenvalue weighted by atomic mass is 9.54. The fraction of sp³-hybridized carbons (Fsp3) is 0.733. The van der Waals surface area contributed by atoms with Crippen LogP contribution in [0.15, 0.2) is 16.5 Å². The second-order valence-corrected chi connectivity index (χ2v) is 5.98. The van der Waals surface area contributed by atoms with Gasteiger partial charge in [-0.25, -0.2) is 0 Å². The maximum Gasteiger partial charge on any atom is 0.117 e. The van der Waals surface area contributed by atoms with Crippen molar-refractivity contribution >= 4 is 0 Å². The fourth-order valence-corrected chi connectivity index (χ4v) is 2.94. The van der Waals surface area contributed by atoms with E-state index in [0.717, 1.165) is 17.9 Å². The van der Waals surface area contributed by atoms with Gasteiger partial charge < -0.3 is 19.6 Å². The molecule has 2 rings (SSSR count). The Balaban J connectivity index is 2.00. The van der Waals surface area contributed by atoms with Crippen LogP contribution in [0.5, 0.6) is 0 Å². The quantitative estimate of drug-likeness (QED) is 0.830. The summed E-state index contributed by atoms with van der Waals surface area (Å²) in [5, 5.41) is 13.3. The Hall–Kier alpha value is -0.840. The molecular weight excluding hydrogens is 242 g/mol. The number of ether oxygens (including phenoxy) is 1. The molecule has 0 radical (unpaired) electrons. The number of nitrogens with one attached hydrogen (secondary N) is 1. The SMILES string of the molecule is CCO[C@@H]1C[C@](CO)(NCc2ccc(C)o2)C1(C)C. The monoisotopic (exact) mass is 267 g/mol. The van der Waals surface area contributed by atoms with E-state index in [9.17, 15) is 5.11 Å². The summed E-state index contributed by atoms with van der Waals surface area (Å²) in [5.41, 5.74) is -0.368. The Morgan fingerprint density at radius 2 is 2.21 bits per heavy atom. The van der Waals surface area contributed by atoms with Crippen LogP contribution in [0.3, 0.4) is 0 Å². The molecule has 1 saturated carbocycles. The van der Waals surface area contributed by atoms with E-state index in [1.54, 1.807) is 0 Å². The first kappa shape index (κ1) is 14.6. The lowest BCUT2D eigenvalue weighted by molar-refractivity contribution is -0.178. The van der Waals surface area contributed by atoms with Crippen molar-refractivity contribution in [3.05, 3.63) is 23.7 Å². The molecule has 1 aromatic rings.